The molecule has 0 bridgehead atoms. The Kier molecular flexibility index (Phi) is 7.83. The van der Waals surface area contributed by atoms with Crippen LogP contribution in [0, 0.1) is 25.2 Å². The SMILES string of the molecule is Cc1cc(C)c(C#N)c(SC(C)C(=O)Nc2cc(S(=O)(=O)N3CCCCC3)ccc2Cl)n1. The van der Waals surface area contributed by atoms with Gasteiger partial charge in [0.1, 0.15) is 11.1 Å². The minimum Gasteiger partial charge on any atom is -0.324 e. The molecule has 3 rings (SSSR count). The normalized spacial score (nSPS) is 15.7. The van der Waals surface area contributed by atoms with Crippen LogP contribution in [0.1, 0.15) is 43.0 Å². The van der Waals surface area contributed by atoms with Crippen LogP contribution in [0.25, 0.3) is 0 Å². The van der Waals surface area contributed by atoms with E-state index < -0.39 is 15.3 Å². The Morgan fingerprint density at radius 3 is 2.59 bits per heavy atom. The van der Waals surface area contributed by atoms with Crippen molar-refractivity contribution in [3.63, 3.8) is 0 Å². The molecule has 32 heavy (non-hydrogen) atoms. The number of amides is 1. The number of rotatable bonds is 6. The smallest absolute Gasteiger partial charge is 0.243 e. The molecule has 1 aliphatic rings. The number of hydrogen-bond donors (Lipinski definition) is 1. The molecule has 1 amide bonds. The van der Waals surface area contributed by atoms with Crippen molar-refractivity contribution >= 4 is 45.0 Å². The lowest BCUT2D eigenvalue weighted by atomic mass is 10.1. The van der Waals surface area contributed by atoms with Crippen molar-refractivity contribution in [2.45, 2.75) is 55.2 Å². The predicted octanol–water partition coefficient (Wildman–Crippen LogP) is 4.52. The fraction of sp³-hybridized carbons (Fsp3) is 0.409. The number of aromatic nitrogens is 1. The standard InChI is InChI=1S/C22H25ClN4O3S2/c1-14-11-15(2)25-22(18(14)13-24)31-16(3)21(28)26-20-12-17(7-8-19(20)23)32(29,30)27-9-5-4-6-10-27/h7-8,11-12,16H,4-6,9-10H2,1-3H3,(H,26,28). The highest BCUT2D eigenvalue weighted by Gasteiger charge is 2.27. The topological polar surface area (TPSA) is 103 Å². The zero-order chi connectivity index (χ0) is 23.5. The Morgan fingerprint density at radius 1 is 1.25 bits per heavy atom. The summed E-state index contributed by atoms with van der Waals surface area (Å²) < 4.78 is 27.4. The summed E-state index contributed by atoms with van der Waals surface area (Å²) in [5.41, 5.74) is 2.23. The van der Waals surface area contributed by atoms with Gasteiger partial charge >= 0.3 is 0 Å². The molecule has 1 N–H and O–H groups in total. The van der Waals surface area contributed by atoms with Gasteiger partial charge in [-0.1, -0.05) is 29.8 Å². The van der Waals surface area contributed by atoms with E-state index in [9.17, 15) is 18.5 Å². The zero-order valence-electron chi connectivity index (χ0n) is 18.2. The van der Waals surface area contributed by atoms with Crippen molar-refractivity contribution in [2.75, 3.05) is 18.4 Å². The first-order valence-electron chi connectivity index (χ1n) is 10.3. The summed E-state index contributed by atoms with van der Waals surface area (Å²) >= 11 is 7.42. The van der Waals surface area contributed by atoms with E-state index in [1.807, 2.05) is 19.9 Å². The highest BCUT2D eigenvalue weighted by atomic mass is 35.5. The number of piperidine rings is 1. The summed E-state index contributed by atoms with van der Waals surface area (Å²) in [6.07, 6.45) is 2.69. The van der Waals surface area contributed by atoms with E-state index in [0.29, 0.717) is 23.7 Å². The van der Waals surface area contributed by atoms with Crippen LogP contribution in [-0.4, -0.2) is 42.0 Å². The van der Waals surface area contributed by atoms with Crippen LogP contribution in [0.5, 0.6) is 0 Å². The lowest BCUT2D eigenvalue weighted by Crippen LogP contribution is -2.35. The fourth-order valence-electron chi connectivity index (χ4n) is 3.49. The molecule has 1 aliphatic heterocycles. The zero-order valence-corrected chi connectivity index (χ0v) is 20.6. The molecular formula is C22H25ClN4O3S2. The van der Waals surface area contributed by atoms with Crippen LogP contribution in [0.4, 0.5) is 5.69 Å². The second-order valence-electron chi connectivity index (χ2n) is 7.73. The van der Waals surface area contributed by atoms with E-state index in [4.69, 9.17) is 11.6 Å². The second-order valence-corrected chi connectivity index (χ2v) is 11.4. The third kappa shape index (κ3) is 5.44. The van der Waals surface area contributed by atoms with Crippen LogP contribution in [0.15, 0.2) is 34.2 Å². The molecule has 7 nitrogen and oxygen atoms in total. The molecule has 2 aromatic rings. The summed E-state index contributed by atoms with van der Waals surface area (Å²) in [6, 6.07) is 8.30. The maximum absolute atomic E-state index is 13.0. The Hall–Kier alpha value is -2.12. The van der Waals surface area contributed by atoms with Crippen LogP contribution in [0.2, 0.25) is 5.02 Å². The van der Waals surface area contributed by atoms with Gasteiger partial charge in [-0.2, -0.15) is 9.57 Å². The van der Waals surface area contributed by atoms with Gasteiger partial charge in [0.15, 0.2) is 0 Å². The summed E-state index contributed by atoms with van der Waals surface area (Å²) in [5.74, 6) is -0.366. The molecule has 1 atom stereocenters. The molecule has 1 aromatic heterocycles. The van der Waals surface area contributed by atoms with Gasteiger partial charge in [-0.15, -0.1) is 0 Å². The van der Waals surface area contributed by atoms with Crippen molar-refractivity contribution in [1.29, 1.82) is 5.26 Å². The molecule has 2 heterocycles. The van der Waals surface area contributed by atoms with Crippen LogP contribution in [0.3, 0.4) is 0 Å². The highest BCUT2D eigenvalue weighted by Crippen LogP contribution is 2.31. The molecule has 0 aliphatic carbocycles. The first-order valence-corrected chi connectivity index (χ1v) is 13.0. The van der Waals surface area contributed by atoms with Crippen molar-refractivity contribution in [2.24, 2.45) is 0 Å². The molecule has 1 aromatic carbocycles. The number of sulfonamides is 1. The van der Waals surface area contributed by atoms with Crippen molar-refractivity contribution in [3.05, 3.63) is 46.1 Å². The number of nitriles is 1. The molecule has 10 heteroatoms. The number of pyridine rings is 1. The molecule has 170 valence electrons. The summed E-state index contributed by atoms with van der Waals surface area (Å²) in [4.78, 5) is 17.3. The van der Waals surface area contributed by atoms with E-state index in [-0.39, 0.29) is 21.5 Å². The average molecular weight is 493 g/mol. The van der Waals surface area contributed by atoms with Crippen molar-refractivity contribution in [1.82, 2.24) is 9.29 Å². The largest absolute Gasteiger partial charge is 0.324 e. The van der Waals surface area contributed by atoms with Gasteiger partial charge in [0.2, 0.25) is 15.9 Å². The number of thioether (sulfide) groups is 1. The molecule has 1 unspecified atom stereocenters. The fourth-order valence-corrected chi connectivity index (χ4v) is 6.22. The van der Waals surface area contributed by atoms with Crippen molar-refractivity contribution < 1.29 is 13.2 Å². The minimum atomic E-state index is -3.65. The van der Waals surface area contributed by atoms with Gasteiger partial charge in [0.05, 0.1) is 26.4 Å². The molecule has 0 spiro atoms. The lowest BCUT2D eigenvalue weighted by Gasteiger charge is -2.26. The summed E-state index contributed by atoms with van der Waals surface area (Å²) in [5, 5.41) is 12.3. The minimum absolute atomic E-state index is 0.0992. The third-order valence-electron chi connectivity index (χ3n) is 5.23. The molecular weight excluding hydrogens is 468 g/mol. The monoisotopic (exact) mass is 492 g/mol. The average Bonchev–Trinajstić information content (AvgIpc) is 2.75. The molecule has 0 radical (unpaired) electrons. The lowest BCUT2D eigenvalue weighted by molar-refractivity contribution is -0.115. The van der Waals surface area contributed by atoms with E-state index in [2.05, 4.69) is 16.4 Å². The van der Waals surface area contributed by atoms with E-state index in [1.54, 1.807) is 6.92 Å². The number of nitrogens with zero attached hydrogens (tertiary/aromatic N) is 3. The van der Waals surface area contributed by atoms with E-state index in [1.165, 1.54) is 34.3 Å². The number of halogens is 1. The summed E-state index contributed by atoms with van der Waals surface area (Å²) in [6.45, 7) is 6.34. The van der Waals surface area contributed by atoms with Crippen molar-refractivity contribution in [3.8, 4) is 6.07 Å². The van der Waals surface area contributed by atoms with Gasteiger partial charge in [-0.3, -0.25) is 4.79 Å². The number of aryl methyl sites for hydroxylation is 2. The van der Waals surface area contributed by atoms with E-state index in [0.717, 1.165) is 30.5 Å². The Bertz CT molecular complexity index is 1170. The molecule has 1 fully saturated rings. The number of benzene rings is 1. The van der Waals surface area contributed by atoms with Gasteiger partial charge < -0.3 is 5.32 Å². The first-order chi connectivity index (χ1) is 15.1. The third-order valence-corrected chi connectivity index (χ3v) is 8.54. The van der Waals surface area contributed by atoms with Gasteiger partial charge in [0.25, 0.3) is 0 Å². The van der Waals surface area contributed by atoms with Gasteiger partial charge in [0, 0.05) is 18.8 Å². The second kappa shape index (κ2) is 10.2. The number of carbonyl (C=O) groups is 1. The number of anilines is 1. The van der Waals surface area contributed by atoms with Gasteiger partial charge in [-0.25, -0.2) is 13.4 Å². The Labute approximate surface area is 198 Å². The van der Waals surface area contributed by atoms with Gasteiger partial charge in [-0.05, 0) is 63.4 Å². The van der Waals surface area contributed by atoms with Crippen LogP contribution < -0.4 is 5.32 Å². The Balaban J connectivity index is 1.79. The molecule has 1 saturated heterocycles. The van der Waals surface area contributed by atoms with Crippen LogP contribution >= 0.6 is 23.4 Å². The number of carbonyl (C=O) groups excluding carboxylic acids is 1. The Morgan fingerprint density at radius 2 is 1.94 bits per heavy atom. The first kappa shape index (κ1) is 24.5. The quantitative estimate of drug-likeness (QED) is 0.595. The summed E-state index contributed by atoms with van der Waals surface area (Å²) in [7, 11) is -3.65. The number of hydrogen-bond acceptors (Lipinski definition) is 6. The maximum atomic E-state index is 13.0. The predicted molar refractivity (Wildman–Crippen MR) is 126 cm³/mol. The maximum Gasteiger partial charge on any atom is 0.243 e. The van der Waals surface area contributed by atoms with E-state index >= 15 is 0 Å². The highest BCUT2D eigenvalue weighted by molar-refractivity contribution is 8.00. The number of nitrogens with one attached hydrogen (secondary N) is 1. The van der Waals surface area contributed by atoms with Crippen LogP contribution in [-0.2, 0) is 14.8 Å². The molecule has 0 saturated carbocycles.